The van der Waals surface area contributed by atoms with Gasteiger partial charge in [-0.1, -0.05) is 53.1 Å². The van der Waals surface area contributed by atoms with Crippen LogP contribution < -0.4 is 4.74 Å². The maximum Gasteiger partial charge on any atom is 0.171 e. The number of halogens is 1. The molecule has 0 saturated carbocycles. The zero-order valence-corrected chi connectivity index (χ0v) is 17.1. The Labute approximate surface area is 146 Å². The van der Waals surface area contributed by atoms with E-state index in [4.69, 9.17) is 21.3 Å². The Morgan fingerprint density at radius 3 is 2.17 bits per heavy atom. The van der Waals surface area contributed by atoms with E-state index < -0.39 is 8.24 Å². The molecule has 5 heteroatoms. The molecule has 0 bridgehead atoms. The lowest BCUT2D eigenvalue weighted by Gasteiger charge is -2.44. The molecule has 2 rings (SSSR count). The summed E-state index contributed by atoms with van der Waals surface area (Å²) in [6, 6.07) is 2.10. The summed E-state index contributed by atoms with van der Waals surface area (Å²) >= 11 is 6.56. The Hall–Kier alpha value is -1.00. The third-order valence-electron chi connectivity index (χ3n) is 5.11. The molecule has 0 amide bonds. The summed E-state index contributed by atoms with van der Waals surface area (Å²) in [5.74, 6) is 0.672. The van der Waals surface area contributed by atoms with Crippen LogP contribution in [0.1, 0.15) is 48.5 Å². The first-order valence-electron chi connectivity index (χ1n) is 8.57. The molecule has 0 radical (unpaired) electrons. The van der Waals surface area contributed by atoms with Crippen LogP contribution in [0.2, 0.25) is 21.6 Å². The molecule has 0 unspecified atom stereocenters. The minimum Gasteiger partial charge on any atom is -0.491 e. The monoisotopic (exact) mass is 352 g/mol. The minimum absolute atomic E-state index is 0.594. The maximum atomic E-state index is 6.56. The fourth-order valence-corrected chi connectivity index (χ4v) is 11.2. The molecule has 2 aromatic rings. The molecule has 0 N–H and O–H groups in total. The van der Waals surface area contributed by atoms with Gasteiger partial charge >= 0.3 is 0 Å². The molecule has 2 aromatic heterocycles. The first kappa shape index (κ1) is 18.3. The second kappa shape index (κ2) is 6.86. The normalized spacial score (nSPS) is 12.8. The molecule has 0 aliphatic heterocycles. The van der Waals surface area contributed by atoms with Crippen molar-refractivity contribution < 1.29 is 4.74 Å². The van der Waals surface area contributed by atoms with Gasteiger partial charge in [0.1, 0.15) is 5.65 Å². The van der Waals surface area contributed by atoms with E-state index in [9.17, 15) is 0 Å². The summed E-state index contributed by atoms with van der Waals surface area (Å²) in [7, 11) is -1.82. The predicted octanol–water partition coefficient (Wildman–Crippen LogP) is 6.11. The lowest BCUT2D eigenvalue weighted by molar-refractivity contribution is 0.339. The lowest BCUT2D eigenvalue weighted by atomic mass is 10.3. The third-order valence-corrected chi connectivity index (χ3v) is 12.2. The smallest absolute Gasteiger partial charge is 0.171 e. The molecular weight excluding hydrogens is 324 g/mol. The standard InChI is InChI=1S/C18H29ClN2OSi/c1-8-22-16-11-20-18-15(17(16)19)9-10-21(18)23(12(2)3,13(4)5)14(6)7/h9-14H,8H2,1-7H3. The third kappa shape index (κ3) is 2.80. The van der Waals surface area contributed by atoms with E-state index in [1.165, 1.54) is 0 Å². The van der Waals surface area contributed by atoms with Crippen molar-refractivity contribution in [3.8, 4) is 5.75 Å². The van der Waals surface area contributed by atoms with E-state index in [0.717, 1.165) is 11.0 Å². The van der Waals surface area contributed by atoms with Gasteiger partial charge in [0.05, 0.1) is 17.8 Å². The van der Waals surface area contributed by atoms with Crippen LogP contribution in [-0.2, 0) is 0 Å². The first-order chi connectivity index (χ1) is 10.8. The van der Waals surface area contributed by atoms with Crippen LogP contribution >= 0.6 is 11.6 Å². The Morgan fingerprint density at radius 2 is 1.70 bits per heavy atom. The van der Waals surface area contributed by atoms with Crippen LogP contribution in [0.4, 0.5) is 0 Å². The average Bonchev–Trinajstić information content (AvgIpc) is 2.87. The Kier molecular flexibility index (Phi) is 5.47. The van der Waals surface area contributed by atoms with Crippen molar-refractivity contribution in [2.24, 2.45) is 0 Å². The maximum absolute atomic E-state index is 6.56. The Bertz CT molecular complexity index is 657. The molecule has 23 heavy (non-hydrogen) atoms. The molecule has 128 valence electrons. The lowest BCUT2D eigenvalue weighted by Crippen LogP contribution is -2.51. The van der Waals surface area contributed by atoms with Gasteiger partial charge in [0.2, 0.25) is 0 Å². The van der Waals surface area contributed by atoms with E-state index in [2.05, 4.69) is 58.0 Å². The van der Waals surface area contributed by atoms with E-state index in [-0.39, 0.29) is 0 Å². The Morgan fingerprint density at radius 1 is 1.13 bits per heavy atom. The second-order valence-electron chi connectivity index (χ2n) is 7.14. The van der Waals surface area contributed by atoms with Gasteiger partial charge < -0.3 is 8.97 Å². The number of pyridine rings is 1. The summed E-state index contributed by atoms with van der Waals surface area (Å²) in [6.45, 7) is 16.7. The van der Waals surface area contributed by atoms with Crippen molar-refractivity contribution in [3.05, 3.63) is 23.5 Å². The van der Waals surface area contributed by atoms with Crippen LogP contribution in [0.5, 0.6) is 5.75 Å². The average molecular weight is 353 g/mol. The van der Waals surface area contributed by atoms with Gasteiger partial charge in [0.25, 0.3) is 0 Å². The van der Waals surface area contributed by atoms with E-state index in [1.54, 1.807) is 6.20 Å². The highest BCUT2D eigenvalue weighted by Crippen LogP contribution is 2.45. The minimum atomic E-state index is -1.82. The number of fused-ring (bicyclic) bond motifs is 1. The van der Waals surface area contributed by atoms with Crippen molar-refractivity contribution >= 4 is 30.9 Å². The summed E-state index contributed by atoms with van der Waals surface area (Å²) in [6.07, 6.45) is 3.97. The summed E-state index contributed by atoms with van der Waals surface area (Å²) in [4.78, 5) is 4.72. The largest absolute Gasteiger partial charge is 0.491 e. The van der Waals surface area contributed by atoms with Gasteiger partial charge in [-0.05, 0) is 35.8 Å². The molecule has 0 fully saturated rings. The quantitative estimate of drug-likeness (QED) is 0.586. The zero-order chi connectivity index (χ0) is 17.4. The fourth-order valence-electron chi connectivity index (χ4n) is 4.44. The number of nitrogens with zero attached hydrogens (tertiary/aromatic N) is 2. The molecule has 0 saturated heterocycles. The fraction of sp³-hybridized carbons (Fsp3) is 0.611. The predicted molar refractivity (Wildman–Crippen MR) is 102 cm³/mol. The summed E-state index contributed by atoms with van der Waals surface area (Å²) in [5.41, 5.74) is 2.85. The van der Waals surface area contributed by atoms with E-state index >= 15 is 0 Å². The number of hydrogen-bond acceptors (Lipinski definition) is 2. The summed E-state index contributed by atoms with van der Waals surface area (Å²) < 4.78 is 8.07. The van der Waals surface area contributed by atoms with Gasteiger partial charge in [-0.25, -0.2) is 4.98 Å². The SMILES string of the molecule is CCOc1cnc2c(ccn2[Si](C(C)C)(C(C)C)C(C)C)c1Cl. The number of ether oxygens (including phenoxy) is 1. The van der Waals surface area contributed by atoms with Crippen molar-refractivity contribution in [1.29, 1.82) is 0 Å². The molecule has 0 aliphatic carbocycles. The zero-order valence-electron chi connectivity index (χ0n) is 15.4. The highest BCUT2D eigenvalue weighted by atomic mass is 35.5. The molecule has 0 atom stereocenters. The van der Waals surface area contributed by atoms with Gasteiger partial charge in [-0.3, -0.25) is 0 Å². The molecule has 3 nitrogen and oxygen atoms in total. The topological polar surface area (TPSA) is 27.1 Å². The number of aromatic nitrogens is 2. The van der Waals surface area contributed by atoms with Crippen LogP contribution in [-0.4, -0.2) is 24.1 Å². The highest BCUT2D eigenvalue weighted by Gasteiger charge is 2.46. The summed E-state index contributed by atoms with van der Waals surface area (Å²) in [5, 5.41) is 1.67. The molecule has 0 aliphatic rings. The van der Waals surface area contributed by atoms with Crippen LogP contribution in [0.25, 0.3) is 11.0 Å². The highest BCUT2D eigenvalue weighted by molar-refractivity contribution is 6.82. The van der Waals surface area contributed by atoms with Crippen molar-refractivity contribution in [2.75, 3.05) is 6.61 Å². The number of rotatable bonds is 6. The van der Waals surface area contributed by atoms with E-state index in [1.807, 2.05) is 6.92 Å². The van der Waals surface area contributed by atoms with E-state index in [0.29, 0.717) is 34.0 Å². The molecule has 2 heterocycles. The second-order valence-corrected chi connectivity index (χ2v) is 13.2. The molecule has 0 aromatic carbocycles. The van der Waals surface area contributed by atoms with Gasteiger partial charge in [0, 0.05) is 5.39 Å². The van der Waals surface area contributed by atoms with Gasteiger partial charge in [0.15, 0.2) is 14.0 Å². The molecular formula is C18H29ClN2OSi. The van der Waals surface area contributed by atoms with Gasteiger partial charge in [-0.2, -0.15) is 0 Å². The first-order valence-corrected chi connectivity index (χ1v) is 11.1. The van der Waals surface area contributed by atoms with Gasteiger partial charge in [-0.15, -0.1) is 0 Å². The van der Waals surface area contributed by atoms with Crippen LogP contribution in [0.3, 0.4) is 0 Å². The van der Waals surface area contributed by atoms with Crippen molar-refractivity contribution in [1.82, 2.24) is 9.22 Å². The van der Waals surface area contributed by atoms with Crippen LogP contribution in [0.15, 0.2) is 18.5 Å². The van der Waals surface area contributed by atoms with Crippen LogP contribution in [0, 0.1) is 0 Å². The van der Waals surface area contributed by atoms with Crippen molar-refractivity contribution in [3.63, 3.8) is 0 Å². The Balaban J connectivity index is 2.74. The van der Waals surface area contributed by atoms with Crippen molar-refractivity contribution in [2.45, 2.75) is 65.1 Å². The molecule has 0 spiro atoms. The number of hydrogen-bond donors (Lipinski definition) is 0.